The van der Waals surface area contributed by atoms with Crippen LogP contribution in [0.1, 0.15) is 16.7 Å². The molecule has 0 atom stereocenters. The number of aryl methyl sites for hydroxylation is 2. The quantitative estimate of drug-likeness (QED) is 0.849. The molecule has 0 aliphatic rings. The fraction of sp³-hybridized carbons (Fsp3) is 0.267. The average molecular weight is 305 g/mol. The zero-order chi connectivity index (χ0) is 13.1. The first-order chi connectivity index (χ1) is 8.56. The van der Waals surface area contributed by atoms with Crippen LogP contribution in [0.2, 0.25) is 0 Å². The fourth-order valence-corrected chi connectivity index (χ4v) is 2.14. The van der Waals surface area contributed by atoms with Crippen LogP contribution in [-0.4, -0.2) is 12.0 Å². The summed E-state index contributed by atoms with van der Waals surface area (Å²) in [6.45, 7) is 5.15. The van der Waals surface area contributed by atoms with Crippen LogP contribution in [-0.2, 0) is 6.54 Å². The number of anilines is 1. The molecule has 2 nitrogen and oxygen atoms in total. The Morgan fingerprint density at radius 2 is 1.94 bits per heavy atom. The lowest BCUT2D eigenvalue weighted by Crippen LogP contribution is -2.18. The third kappa shape index (κ3) is 3.10. The zero-order valence-corrected chi connectivity index (χ0v) is 12.5. The zero-order valence-electron chi connectivity index (χ0n) is 10.9. The molecule has 1 heterocycles. The minimum atomic E-state index is 0.877. The highest BCUT2D eigenvalue weighted by Gasteiger charge is 2.05. The standard InChI is InChI=1S/C15H17BrN2/c1-11-4-5-12(2)13(8-11)10-18(3)15-7-6-14(16)9-17-15/h4-9H,10H2,1-3H3. The van der Waals surface area contributed by atoms with Gasteiger partial charge in [0.25, 0.3) is 0 Å². The normalized spacial score (nSPS) is 10.4. The van der Waals surface area contributed by atoms with E-state index in [0.717, 1.165) is 16.8 Å². The van der Waals surface area contributed by atoms with E-state index >= 15 is 0 Å². The van der Waals surface area contributed by atoms with E-state index in [1.807, 2.05) is 18.3 Å². The summed E-state index contributed by atoms with van der Waals surface area (Å²) in [4.78, 5) is 6.57. The Labute approximate surface area is 117 Å². The van der Waals surface area contributed by atoms with E-state index in [2.05, 4.69) is 64.9 Å². The minimum absolute atomic E-state index is 0.877. The molecule has 0 fully saturated rings. The van der Waals surface area contributed by atoms with Crippen LogP contribution < -0.4 is 4.90 Å². The summed E-state index contributed by atoms with van der Waals surface area (Å²) in [6, 6.07) is 10.6. The van der Waals surface area contributed by atoms with Gasteiger partial charge in [-0.1, -0.05) is 23.8 Å². The molecule has 18 heavy (non-hydrogen) atoms. The van der Waals surface area contributed by atoms with E-state index in [0.29, 0.717) is 0 Å². The van der Waals surface area contributed by atoms with Crippen molar-refractivity contribution in [1.82, 2.24) is 4.98 Å². The molecule has 2 aromatic rings. The molecule has 94 valence electrons. The van der Waals surface area contributed by atoms with E-state index in [1.54, 1.807) is 0 Å². The van der Waals surface area contributed by atoms with Crippen molar-refractivity contribution in [3.05, 3.63) is 57.7 Å². The highest BCUT2D eigenvalue weighted by atomic mass is 79.9. The van der Waals surface area contributed by atoms with Gasteiger partial charge < -0.3 is 4.90 Å². The predicted octanol–water partition coefficient (Wildman–Crippen LogP) is 4.10. The van der Waals surface area contributed by atoms with Crippen molar-refractivity contribution < 1.29 is 0 Å². The number of hydrogen-bond donors (Lipinski definition) is 0. The highest BCUT2D eigenvalue weighted by molar-refractivity contribution is 9.10. The molecule has 1 aromatic carbocycles. The van der Waals surface area contributed by atoms with E-state index in [4.69, 9.17) is 0 Å². The van der Waals surface area contributed by atoms with Crippen LogP contribution >= 0.6 is 15.9 Å². The van der Waals surface area contributed by atoms with Gasteiger partial charge in [-0.2, -0.15) is 0 Å². The number of aromatic nitrogens is 1. The maximum Gasteiger partial charge on any atom is 0.128 e. The smallest absolute Gasteiger partial charge is 0.128 e. The van der Waals surface area contributed by atoms with Gasteiger partial charge in [0.15, 0.2) is 0 Å². The van der Waals surface area contributed by atoms with Crippen LogP contribution in [0, 0.1) is 13.8 Å². The fourth-order valence-electron chi connectivity index (χ4n) is 1.90. The van der Waals surface area contributed by atoms with Gasteiger partial charge in [0.05, 0.1) is 0 Å². The Morgan fingerprint density at radius 3 is 2.61 bits per heavy atom. The summed E-state index contributed by atoms with van der Waals surface area (Å²) in [5, 5.41) is 0. The van der Waals surface area contributed by atoms with Crippen molar-refractivity contribution in [2.75, 3.05) is 11.9 Å². The van der Waals surface area contributed by atoms with E-state index in [-0.39, 0.29) is 0 Å². The monoisotopic (exact) mass is 304 g/mol. The molecule has 0 amide bonds. The second-order valence-corrected chi connectivity index (χ2v) is 5.54. The molecule has 0 saturated heterocycles. The number of benzene rings is 1. The van der Waals surface area contributed by atoms with Crippen LogP contribution in [0.15, 0.2) is 41.0 Å². The molecule has 0 bridgehead atoms. The topological polar surface area (TPSA) is 16.1 Å². The Kier molecular flexibility index (Phi) is 4.02. The third-order valence-electron chi connectivity index (χ3n) is 3.02. The van der Waals surface area contributed by atoms with E-state index in [1.165, 1.54) is 16.7 Å². The van der Waals surface area contributed by atoms with Gasteiger partial charge in [0.1, 0.15) is 5.82 Å². The van der Waals surface area contributed by atoms with Gasteiger partial charge in [0.2, 0.25) is 0 Å². The van der Waals surface area contributed by atoms with Crippen LogP contribution in [0.3, 0.4) is 0 Å². The van der Waals surface area contributed by atoms with E-state index in [9.17, 15) is 0 Å². The predicted molar refractivity (Wildman–Crippen MR) is 80.0 cm³/mol. The summed E-state index contributed by atoms with van der Waals surface area (Å²) >= 11 is 3.40. The average Bonchev–Trinajstić information content (AvgIpc) is 2.34. The number of hydrogen-bond acceptors (Lipinski definition) is 2. The molecule has 3 heteroatoms. The molecule has 0 N–H and O–H groups in total. The number of halogens is 1. The number of rotatable bonds is 3. The van der Waals surface area contributed by atoms with Crippen molar-refractivity contribution >= 4 is 21.7 Å². The second-order valence-electron chi connectivity index (χ2n) is 4.62. The van der Waals surface area contributed by atoms with Gasteiger partial charge in [-0.3, -0.25) is 0 Å². The van der Waals surface area contributed by atoms with Crippen molar-refractivity contribution in [3.63, 3.8) is 0 Å². The SMILES string of the molecule is Cc1ccc(C)c(CN(C)c2ccc(Br)cn2)c1. The van der Waals surface area contributed by atoms with E-state index < -0.39 is 0 Å². The first-order valence-electron chi connectivity index (χ1n) is 5.95. The Hall–Kier alpha value is -1.35. The lowest BCUT2D eigenvalue weighted by atomic mass is 10.1. The summed E-state index contributed by atoms with van der Waals surface area (Å²) in [6.07, 6.45) is 1.83. The molecule has 1 aromatic heterocycles. The Balaban J connectivity index is 2.18. The maximum absolute atomic E-state index is 4.41. The highest BCUT2D eigenvalue weighted by Crippen LogP contribution is 2.18. The summed E-state index contributed by atoms with van der Waals surface area (Å²) < 4.78 is 1.01. The van der Waals surface area contributed by atoms with Crippen LogP contribution in [0.25, 0.3) is 0 Å². The number of nitrogens with zero attached hydrogens (tertiary/aromatic N) is 2. The summed E-state index contributed by atoms with van der Waals surface area (Å²) in [5.41, 5.74) is 3.97. The van der Waals surface area contributed by atoms with Crippen molar-refractivity contribution in [2.24, 2.45) is 0 Å². The molecule has 0 aliphatic heterocycles. The van der Waals surface area contributed by atoms with Gasteiger partial charge in [-0.05, 0) is 53.0 Å². The summed E-state index contributed by atoms with van der Waals surface area (Å²) in [7, 11) is 2.07. The molecule has 2 rings (SSSR count). The Bertz CT molecular complexity index is 535. The van der Waals surface area contributed by atoms with Crippen molar-refractivity contribution in [1.29, 1.82) is 0 Å². The van der Waals surface area contributed by atoms with Crippen molar-refractivity contribution in [3.8, 4) is 0 Å². The molecular formula is C15H17BrN2. The first-order valence-corrected chi connectivity index (χ1v) is 6.74. The molecular weight excluding hydrogens is 288 g/mol. The first kappa shape index (κ1) is 13.1. The largest absolute Gasteiger partial charge is 0.355 e. The molecule has 0 unspecified atom stereocenters. The number of pyridine rings is 1. The Morgan fingerprint density at radius 1 is 1.17 bits per heavy atom. The molecule has 0 spiro atoms. The lowest BCUT2D eigenvalue weighted by Gasteiger charge is -2.19. The van der Waals surface area contributed by atoms with Gasteiger partial charge in [0, 0.05) is 24.3 Å². The van der Waals surface area contributed by atoms with Gasteiger partial charge in [-0.25, -0.2) is 4.98 Å². The summed E-state index contributed by atoms with van der Waals surface area (Å²) in [5.74, 6) is 0.985. The minimum Gasteiger partial charge on any atom is -0.355 e. The third-order valence-corrected chi connectivity index (χ3v) is 3.48. The molecule has 0 radical (unpaired) electrons. The van der Waals surface area contributed by atoms with Crippen LogP contribution in [0.5, 0.6) is 0 Å². The lowest BCUT2D eigenvalue weighted by molar-refractivity contribution is 0.889. The van der Waals surface area contributed by atoms with Crippen molar-refractivity contribution in [2.45, 2.75) is 20.4 Å². The van der Waals surface area contributed by atoms with Crippen LogP contribution in [0.4, 0.5) is 5.82 Å². The molecule has 0 saturated carbocycles. The van der Waals surface area contributed by atoms with Gasteiger partial charge in [-0.15, -0.1) is 0 Å². The molecule has 0 aliphatic carbocycles. The van der Waals surface area contributed by atoms with Gasteiger partial charge >= 0.3 is 0 Å². The second kappa shape index (κ2) is 5.53. The maximum atomic E-state index is 4.41.